The van der Waals surface area contributed by atoms with Crippen LogP contribution in [0.3, 0.4) is 0 Å². The molecule has 2 aromatic rings. The zero-order valence-corrected chi connectivity index (χ0v) is 16.8. The Morgan fingerprint density at radius 1 is 1.25 bits per heavy atom. The maximum Gasteiger partial charge on any atom is 0.255 e. The van der Waals surface area contributed by atoms with E-state index in [-0.39, 0.29) is 5.91 Å². The number of para-hydroxylation sites is 1. The lowest BCUT2D eigenvalue weighted by Crippen LogP contribution is -2.35. The lowest BCUT2D eigenvalue weighted by molar-refractivity contribution is 0.0729. The molecule has 0 fully saturated rings. The molecule has 0 aliphatic rings. The Morgan fingerprint density at radius 2 is 1.96 bits per heavy atom. The Morgan fingerprint density at radius 3 is 2.58 bits per heavy atom. The van der Waals surface area contributed by atoms with Crippen molar-refractivity contribution in [2.45, 2.75) is 13.3 Å². The molecule has 1 heterocycles. The Balaban J connectivity index is 2.02. The van der Waals surface area contributed by atoms with E-state index >= 15 is 0 Å². The number of carbonyl (C=O) groups is 1. The van der Waals surface area contributed by atoms with E-state index in [0.29, 0.717) is 41.1 Å². The number of nitrogens with zero attached hydrogens (tertiary/aromatic N) is 2. The van der Waals surface area contributed by atoms with Crippen LogP contribution in [-0.2, 0) is 0 Å². The molecule has 0 spiro atoms. The topological polar surface area (TPSA) is 42.4 Å². The van der Waals surface area contributed by atoms with Crippen LogP contribution < -0.4 is 4.74 Å². The van der Waals surface area contributed by atoms with Crippen molar-refractivity contribution in [3.8, 4) is 5.75 Å². The van der Waals surface area contributed by atoms with Gasteiger partial charge in [0.2, 0.25) is 0 Å². The molecule has 0 bridgehead atoms. The molecule has 2 rings (SSSR count). The third kappa shape index (κ3) is 5.22. The largest absolute Gasteiger partial charge is 0.489 e. The van der Waals surface area contributed by atoms with Gasteiger partial charge in [0, 0.05) is 22.5 Å². The molecular weight excluding hydrogens is 462 g/mol. The molecule has 0 unspecified atom stereocenters. The molecule has 0 saturated heterocycles. The van der Waals surface area contributed by atoms with Crippen LogP contribution in [0.1, 0.15) is 23.7 Å². The molecule has 4 nitrogen and oxygen atoms in total. The van der Waals surface area contributed by atoms with Gasteiger partial charge in [-0.3, -0.25) is 9.78 Å². The maximum atomic E-state index is 12.6. The van der Waals surface area contributed by atoms with E-state index in [4.69, 9.17) is 27.9 Å². The van der Waals surface area contributed by atoms with Crippen LogP contribution in [0.4, 0.5) is 0 Å². The number of amides is 1. The fourth-order valence-electron chi connectivity index (χ4n) is 2.17. The molecule has 1 amide bonds. The minimum atomic E-state index is -0.0586. The van der Waals surface area contributed by atoms with Gasteiger partial charge in [-0.1, -0.05) is 36.2 Å². The van der Waals surface area contributed by atoms with E-state index in [9.17, 15) is 4.79 Å². The van der Waals surface area contributed by atoms with Crippen molar-refractivity contribution in [3.05, 3.63) is 55.8 Å². The summed E-state index contributed by atoms with van der Waals surface area (Å²) in [6.45, 7) is 3.43. The summed E-state index contributed by atoms with van der Waals surface area (Å²) in [4.78, 5) is 18.5. The molecule has 0 aliphatic carbocycles. The average molecular weight is 479 g/mol. The van der Waals surface area contributed by atoms with Crippen LogP contribution in [0.15, 0.2) is 36.7 Å². The zero-order chi connectivity index (χ0) is 17.5. The van der Waals surface area contributed by atoms with Gasteiger partial charge >= 0.3 is 0 Å². The van der Waals surface area contributed by atoms with Crippen molar-refractivity contribution >= 4 is 51.7 Å². The molecule has 0 atom stereocenters. The van der Waals surface area contributed by atoms with E-state index in [0.717, 1.165) is 9.99 Å². The average Bonchev–Trinajstić information content (AvgIpc) is 2.56. The first kappa shape index (κ1) is 19.3. The van der Waals surface area contributed by atoms with Gasteiger partial charge in [-0.15, -0.1) is 0 Å². The van der Waals surface area contributed by atoms with Gasteiger partial charge < -0.3 is 9.64 Å². The lowest BCUT2D eigenvalue weighted by Gasteiger charge is -2.22. The number of benzene rings is 1. The Kier molecular flexibility index (Phi) is 7.58. The predicted octanol–water partition coefficient (Wildman–Crippen LogP) is 4.92. The highest BCUT2D eigenvalue weighted by atomic mass is 127. The first-order chi connectivity index (χ1) is 11.5. The van der Waals surface area contributed by atoms with Crippen LogP contribution >= 0.6 is 45.8 Å². The van der Waals surface area contributed by atoms with Gasteiger partial charge in [0.25, 0.3) is 5.91 Å². The van der Waals surface area contributed by atoms with E-state index in [1.807, 2.05) is 13.0 Å². The van der Waals surface area contributed by atoms with Crippen molar-refractivity contribution < 1.29 is 9.53 Å². The normalized spacial score (nSPS) is 10.5. The summed E-state index contributed by atoms with van der Waals surface area (Å²) in [6, 6.07) is 7.02. The highest BCUT2D eigenvalue weighted by Crippen LogP contribution is 2.32. The van der Waals surface area contributed by atoms with Crippen LogP contribution in [0.2, 0.25) is 10.0 Å². The van der Waals surface area contributed by atoms with Crippen molar-refractivity contribution in [1.82, 2.24) is 9.88 Å². The van der Waals surface area contributed by atoms with Crippen LogP contribution in [0, 0.1) is 3.57 Å². The van der Waals surface area contributed by atoms with Crippen LogP contribution in [0.5, 0.6) is 5.75 Å². The van der Waals surface area contributed by atoms with Crippen molar-refractivity contribution in [1.29, 1.82) is 0 Å². The molecule has 0 N–H and O–H groups in total. The van der Waals surface area contributed by atoms with E-state index in [1.54, 1.807) is 35.5 Å². The molecule has 24 heavy (non-hydrogen) atoms. The number of hydrogen-bond donors (Lipinski definition) is 0. The number of halogens is 3. The quantitative estimate of drug-likeness (QED) is 0.530. The summed E-state index contributed by atoms with van der Waals surface area (Å²) < 4.78 is 6.60. The first-order valence-corrected chi connectivity index (χ1v) is 9.33. The van der Waals surface area contributed by atoms with E-state index < -0.39 is 0 Å². The van der Waals surface area contributed by atoms with Crippen molar-refractivity contribution in [2.24, 2.45) is 0 Å². The third-order valence-electron chi connectivity index (χ3n) is 3.26. The zero-order valence-electron chi connectivity index (χ0n) is 13.1. The molecule has 1 aromatic carbocycles. The number of aromatic nitrogens is 1. The van der Waals surface area contributed by atoms with Gasteiger partial charge in [-0.2, -0.15) is 0 Å². The molecule has 0 aliphatic heterocycles. The Labute approximate surface area is 165 Å². The molecule has 128 valence electrons. The molecule has 7 heteroatoms. The van der Waals surface area contributed by atoms with Gasteiger partial charge in [0.15, 0.2) is 5.75 Å². The van der Waals surface area contributed by atoms with E-state index in [1.165, 1.54) is 0 Å². The Bertz CT molecular complexity index is 692. The molecule has 0 saturated carbocycles. The summed E-state index contributed by atoms with van der Waals surface area (Å²) in [6.07, 6.45) is 4.15. The van der Waals surface area contributed by atoms with Crippen LogP contribution in [0.25, 0.3) is 0 Å². The summed E-state index contributed by atoms with van der Waals surface area (Å²) in [5.74, 6) is 0.386. The minimum absolute atomic E-state index is 0.0586. The summed E-state index contributed by atoms with van der Waals surface area (Å²) >= 11 is 14.3. The van der Waals surface area contributed by atoms with Crippen LogP contribution in [-0.4, -0.2) is 35.5 Å². The predicted molar refractivity (Wildman–Crippen MR) is 105 cm³/mol. The number of carbonyl (C=O) groups excluding carboxylic acids is 1. The SMILES string of the molecule is CCCN(CCOc1c(Cl)cccc1Cl)C(=O)c1cncc(I)c1. The number of rotatable bonds is 7. The number of hydrogen-bond acceptors (Lipinski definition) is 3. The molecular formula is C17H17Cl2IN2O2. The van der Waals surface area contributed by atoms with Gasteiger partial charge in [0.1, 0.15) is 6.61 Å². The van der Waals surface area contributed by atoms with Gasteiger partial charge in [0.05, 0.1) is 22.2 Å². The molecule has 1 aromatic heterocycles. The monoisotopic (exact) mass is 478 g/mol. The summed E-state index contributed by atoms with van der Waals surface area (Å²) in [5.41, 5.74) is 0.575. The highest BCUT2D eigenvalue weighted by Gasteiger charge is 2.16. The van der Waals surface area contributed by atoms with Crippen molar-refractivity contribution in [3.63, 3.8) is 0 Å². The molecule has 0 radical (unpaired) electrons. The highest BCUT2D eigenvalue weighted by molar-refractivity contribution is 14.1. The number of pyridine rings is 1. The van der Waals surface area contributed by atoms with Gasteiger partial charge in [-0.05, 0) is 47.2 Å². The fourth-order valence-corrected chi connectivity index (χ4v) is 3.18. The summed E-state index contributed by atoms with van der Waals surface area (Å²) in [5, 5.41) is 0.912. The summed E-state index contributed by atoms with van der Waals surface area (Å²) in [7, 11) is 0. The first-order valence-electron chi connectivity index (χ1n) is 7.49. The standard InChI is InChI=1S/C17H17Cl2IN2O2/c1-2-6-22(17(23)12-9-13(20)11-21-10-12)7-8-24-16-14(18)4-3-5-15(16)19/h3-5,9-11H,2,6-8H2,1H3. The second-order valence-electron chi connectivity index (χ2n) is 5.08. The van der Waals surface area contributed by atoms with Gasteiger partial charge in [-0.25, -0.2) is 0 Å². The fraction of sp³-hybridized carbons (Fsp3) is 0.294. The van der Waals surface area contributed by atoms with E-state index in [2.05, 4.69) is 27.6 Å². The maximum absolute atomic E-state index is 12.6. The second kappa shape index (κ2) is 9.44. The van der Waals surface area contributed by atoms with Crippen molar-refractivity contribution in [2.75, 3.05) is 19.7 Å². The Hall–Kier alpha value is -1.05. The number of ether oxygens (including phenoxy) is 1. The smallest absolute Gasteiger partial charge is 0.255 e. The minimum Gasteiger partial charge on any atom is -0.489 e. The second-order valence-corrected chi connectivity index (χ2v) is 7.14. The third-order valence-corrected chi connectivity index (χ3v) is 4.44. The lowest BCUT2D eigenvalue weighted by atomic mass is 10.2.